The smallest absolute Gasteiger partial charge is 0.241 e. The van der Waals surface area contributed by atoms with Crippen LogP contribution in [0.4, 0.5) is 0 Å². The molecule has 2 heterocycles. The standard InChI is InChI=1S/C12H14N4O.H2/c1-8(13)12(17)15-6-11-14-9-4-2-3-5-10(9)16(11)7-15;/h2-5,8H,6-7,13H2,1H3;1H/t8-;/m1./s1. The summed E-state index contributed by atoms with van der Waals surface area (Å²) in [7, 11) is 0. The van der Waals surface area contributed by atoms with E-state index in [0.29, 0.717) is 13.2 Å². The Labute approximate surface area is 100 Å². The first-order valence-electron chi connectivity index (χ1n) is 5.65. The molecular formula is C12H16N4O. The largest absolute Gasteiger partial charge is 0.320 e. The number of hydrogen-bond acceptors (Lipinski definition) is 3. The minimum atomic E-state index is -0.453. The molecule has 5 heteroatoms. The van der Waals surface area contributed by atoms with Crippen LogP contribution in [0, 0.1) is 0 Å². The van der Waals surface area contributed by atoms with Gasteiger partial charge < -0.3 is 15.2 Å². The van der Waals surface area contributed by atoms with Gasteiger partial charge in [0.1, 0.15) is 5.82 Å². The number of carbonyl (C=O) groups is 1. The monoisotopic (exact) mass is 232 g/mol. The van der Waals surface area contributed by atoms with Crippen molar-refractivity contribution < 1.29 is 6.22 Å². The van der Waals surface area contributed by atoms with Gasteiger partial charge in [-0.15, -0.1) is 0 Å². The molecular weight excluding hydrogens is 216 g/mol. The van der Waals surface area contributed by atoms with E-state index >= 15 is 0 Å². The van der Waals surface area contributed by atoms with Crippen LogP contribution in [0.15, 0.2) is 24.3 Å². The fourth-order valence-electron chi connectivity index (χ4n) is 2.23. The van der Waals surface area contributed by atoms with Crippen molar-refractivity contribution in [1.82, 2.24) is 14.5 Å². The number of aromatic nitrogens is 2. The third-order valence-electron chi connectivity index (χ3n) is 3.08. The summed E-state index contributed by atoms with van der Waals surface area (Å²) in [6, 6.07) is 7.50. The molecule has 1 atom stereocenters. The van der Waals surface area contributed by atoms with Crippen molar-refractivity contribution in [2.45, 2.75) is 26.2 Å². The summed E-state index contributed by atoms with van der Waals surface area (Å²) in [5.74, 6) is 0.903. The Bertz CT molecular complexity index is 593. The van der Waals surface area contributed by atoms with Gasteiger partial charge in [0.25, 0.3) is 0 Å². The predicted octanol–water partition coefficient (Wildman–Crippen LogP) is 0.929. The first-order chi connectivity index (χ1) is 8.16. The van der Waals surface area contributed by atoms with Gasteiger partial charge in [-0.2, -0.15) is 0 Å². The van der Waals surface area contributed by atoms with E-state index in [9.17, 15) is 4.79 Å². The molecule has 17 heavy (non-hydrogen) atoms. The van der Waals surface area contributed by atoms with Crippen molar-refractivity contribution in [1.29, 1.82) is 0 Å². The molecule has 1 aromatic carbocycles. The summed E-state index contributed by atoms with van der Waals surface area (Å²) in [6.45, 7) is 2.81. The molecule has 0 spiro atoms. The summed E-state index contributed by atoms with van der Waals surface area (Å²) in [4.78, 5) is 18.1. The topological polar surface area (TPSA) is 64.2 Å². The molecule has 0 fully saturated rings. The first-order valence-corrected chi connectivity index (χ1v) is 5.65. The SMILES string of the molecule is C[C@@H](N)C(=O)N1Cc2nc3ccccc3n2C1.[HH]. The number of carbonyl (C=O) groups excluding carboxylic acids is 1. The Balaban J connectivity index is 0.00000120. The number of nitrogens with zero attached hydrogens (tertiary/aromatic N) is 3. The molecule has 3 rings (SSSR count). The highest BCUT2D eigenvalue weighted by Gasteiger charge is 2.27. The highest BCUT2D eigenvalue weighted by Crippen LogP contribution is 2.23. The molecule has 2 aromatic rings. The van der Waals surface area contributed by atoms with Crippen LogP contribution in [0.3, 0.4) is 0 Å². The third kappa shape index (κ3) is 1.51. The van der Waals surface area contributed by atoms with Crippen molar-refractivity contribution in [3.63, 3.8) is 0 Å². The van der Waals surface area contributed by atoms with Crippen LogP contribution in [-0.2, 0) is 18.0 Å². The van der Waals surface area contributed by atoms with Crippen molar-refractivity contribution in [2.75, 3.05) is 0 Å². The average molecular weight is 232 g/mol. The summed E-state index contributed by atoms with van der Waals surface area (Å²) in [5, 5.41) is 0. The average Bonchev–Trinajstić information content (AvgIpc) is 2.84. The molecule has 0 saturated heterocycles. The number of hydrogen-bond donors (Lipinski definition) is 1. The predicted molar refractivity (Wildman–Crippen MR) is 66.0 cm³/mol. The summed E-state index contributed by atoms with van der Waals surface area (Å²) < 4.78 is 2.07. The number of para-hydroxylation sites is 2. The van der Waals surface area contributed by atoms with Crippen LogP contribution in [0.1, 0.15) is 14.2 Å². The zero-order valence-electron chi connectivity index (χ0n) is 9.63. The number of imidazole rings is 1. The van der Waals surface area contributed by atoms with E-state index in [1.807, 2.05) is 24.3 Å². The van der Waals surface area contributed by atoms with Gasteiger partial charge in [0.15, 0.2) is 0 Å². The van der Waals surface area contributed by atoms with Crippen molar-refractivity contribution >= 4 is 16.9 Å². The van der Waals surface area contributed by atoms with E-state index in [1.54, 1.807) is 11.8 Å². The van der Waals surface area contributed by atoms with E-state index in [0.717, 1.165) is 16.9 Å². The van der Waals surface area contributed by atoms with E-state index in [1.165, 1.54) is 0 Å². The molecule has 0 saturated carbocycles. The Kier molecular flexibility index (Phi) is 2.16. The molecule has 0 aliphatic carbocycles. The van der Waals surface area contributed by atoms with Crippen molar-refractivity contribution in [2.24, 2.45) is 5.73 Å². The van der Waals surface area contributed by atoms with Crippen LogP contribution < -0.4 is 5.73 Å². The van der Waals surface area contributed by atoms with Crippen LogP contribution in [0.5, 0.6) is 0 Å². The normalized spacial score (nSPS) is 16.2. The lowest BCUT2D eigenvalue weighted by Gasteiger charge is -2.17. The quantitative estimate of drug-likeness (QED) is 0.795. The lowest BCUT2D eigenvalue weighted by atomic mass is 10.3. The Hall–Kier alpha value is -1.88. The number of amides is 1. The van der Waals surface area contributed by atoms with E-state index in [2.05, 4.69) is 9.55 Å². The van der Waals surface area contributed by atoms with E-state index < -0.39 is 6.04 Å². The van der Waals surface area contributed by atoms with Crippen LogP contribution in [0.2, 0.25) is 0 Å². The zero-order chi connectivity index (χ0) is 12.0. The molecule has 1 aromatic heterocycles. The molecule has 2 N–H and O–H groups in total. The lowest BCUT2D eigenvalue weighted by molar-refractivity contribution is -0.133. The number of nitrogens with two attached hydrogens (primary N) is 1. The number of benzene rings is 1. The Morgan fingerprint density at radius 3 is 3.06 bits per heavy atom. The second-order valence-electron chi connectivity index (χ2n) is 4.41. The number of rotatable bonds is 1. The van der Waals surface area contributed by atoms with Gasteiger partial charge in [-0.1, -0.05) is 12.1 Å². The van der Waals surface area contributed by atoms with Crippen molar-refractivity contribution in [3.8, 4) is 0 Å². The molecule has 0 radical (unpaired) electrons. The maximum Gasteiger partial charge on any atom is 0.241 e. The fraction of sp³-hybridized carbons (Fsp3) is 0.333. The highest BCUT2D eigenvalue weighted by molar-refractivity contribution is 5.82. The van der Waals surface area contributed by atoms with E-state index in [-0.39, 0.29) is 7.33 Å². The first kappa shape index (κ1) is 10.3. The van der Waals surface area contributed by atoms with Gasteiger partial charge in [-0.05, 0) is 19.1 Å². The minimum Gasteiger partial charge on any atom is -0.320 e. The van der Waals surface area contributed by atoms with Crippen LogP contribution in [0.25, 0.3) is 11.0 Å². The number of fused-ring (bicyclic) bond motifs is 3. The molecule has 1 amide bonds. The van der Waals surface area contributed by atoms with Gasteiger partial charge in [-0.25, -0.2) is 4.98 Å². The van der Waals surface area contributed by atoms with E-state index in [4.69, 9.17) is 5.73 Å². The molecule has 0 unspecified atom stereocenters. The molecule has 1 aliphatic heterocycles. The van der Waals surface area contributed by atoms with Gasteiger partial charge in [0.2, 0.25) is 5.91 Å². The van der Waals surface area contributed by atoms with Gasteiger partial charge in [0.05, 0.1) is 30.3 Å². The summed E-state index contributed by atoms with van der Waals surface area (Å²) in [5.41, 5.74) is 7.66. The minimum absolute atomic E-state index is 0. The lowest BCUT2D eigenvalue weighted by Crippen LogP contribution is -2.39. The third-order valence-corrected chi connectivity index (χ3v) is 3.08. The van der Waals surface area contributed by atoms with Gasteiger partial charge in [0, 0.05) is 1.43 Å². The summed E-state index contributed by atoms with van der Waals surface area (Å²) in [6.07, 6.45) is 0. The zero-order valence-corrected chi connectivity index (χ0v) is 9.63. The second-order valence-corrected chi connectivity index (χ2v) is 4.41. The maximum absolute atomic E-state index is 11.8. The second kappa shape index (κ2) is 3.56. The van der Waals surface area contributed by atoms with Crippen molar-refractivity contribution in [3.05, 3.63) is 30.1 Å². The van der Waals surface area contributed by atoms with Crippen LogP contribution in [-0.4, -0.2) is 26.4 Å². The highest BCUT2D eigenvalue weighted by atomic mass is 16.2. The fourth-order valence-corrected chi connectivity index (χ4v) is 2.23. The molecule has 1 aliphatic rings. The molecule has 0 bridgehead atoms. The molecule has 5 nitrogen and oxygen atoms in total. The molecule has 90 valence electrons. The van der Waals surface area contributed by atoms with Gasteiger partial charge in [-0.3, -0.25) is 4.79 Å². The summed E-state index contributed by atoms with van der Waals surface area (Å²) >= 11 is 0. The van der Waals surface area contributed by atoms with Gasteiger partial charge >= 0.3 is 0 Å². The maximum atomic E-state index is 11.8. The van der Waals surface area contributed by atoms with Crippen LogP contribution >= 0.6 is 0 Å². The Morgan fingerprint density at radius 2 is 2.29 bits per heavy atom. The Morgan fingerprint density at radius 1 is 1.53 bits per heavy atom.